The number of para-hydroxylation sites is 2. The van der Waals surface area contributed by atoms with Gasteiger partial charge >= 0.3 is 54.1 Å². The van der Waals surface area contributed by atoms with Gasteiger partial charge in [-0.05, 0) is 288 Å². The fourth-order valence-corrected chi connectivity index (χ4v) is 15.9. The molecule has 0 saturated carbocycles. The topological polar surface area (TPSA) is 326 Å². The van der Waals surface area contributed by atoms with Crippen molar-refractivity contribution < 1.29 is 129 Å². The van der Waals surface area contributed by atoms with Crippen LogP contribution in [0.4, 0.5) is 26.3 Å². The molecule has 3 atom stereocenters. The van der Waals surface area contributed by atoms with Crippen molar-refractivity contribution in [1.29, 1.82) is 0 Å². The first kappa shape index (κ1) is 119. The summed E-state index contributed by atoms with van der Waals surface area (Å²) in [6, 6.07) is 76.9. The van der Waals surface area contributed by atoms with E-state index in [-0.39, 0.29) is 41.7 Å². The van der Waals surface area contributed by atoms with Crippen LogP contribution in [-0.2, 0) is 65.0 Å². The van der Waals surface area contributed by atoms with Gasteiger partial charge in [-0.25, -0.2) is 4.79 Å². The molecule has 0 saturated heterocycles. The highest BCUT2D eigenvalue weighted by Gasteiger charge is 2.38. The maximum Gasteiger partial charge on any atom is 0.416 e. The molecule has 0 aliphatic heterocycles. The maximum atomic E-state index is 12.8. The van der Waals surface area contributed by atoms with E-state index in [1.54, 1.807) is 277 Å². The van der Waals surface area contributed by atoms with Gasteiger partial charge in [0.15, 0.2) is 0 Å². The van der Waals surface area contributed by atoms with Crippen molar-refractivity contribution in [2.75, 3.05) is 0 Å². The summed E-state index contributed by atoms with van der Waals surface area (Å²) in [5.41, 5.74) is -0.538. The number of carboxylic acids is 7. The standard InChI is InChI=1S/C17H16Cl2O3.C17H12F6O3.2C16H14Cl2O3.C15H12Cl2O3.C14H10Cl2O3.C13H8Cl2O3/c1-17(2,16(20)21)14-5-3-4-6-15(14)22-10-11-7-12(18)9-13(19)8-11;1-9(15(24)25)10-3-2-4-13(5-10)26-14-7-11(16(18,19)20)6-12(8-14)17(21,22)23;1-16(2,15(19)20)10-4-3-5-13(6-10)21-14-8-11(17)7-12(18)9-14;1-2-15(16(19)20)10-4-3-5-13(6-10)21-14-8-11(17)7-12(18)9-14;1-9(15(18)19)10-3-2-4-13(5-10)20-14-7-11(16)6-12(17)8-14;15-10-6-11(16)8-13(7-10)19-12-3-1-2-9(4-12)5-14(17)18;14-8-5-9(15)7-10(6-8)18-12-4-2-1-3-11(12)13(16)17/h3-9H,10H2,1-2H3,(H,20,21);2-9H,1H3,(H,24,25);3-9H,1-2H3,(H,19,20);3-9,15H,2H2,1H3,(H,19,20);2-9H,1H3,(H,18,19);1-4,6-8H,5H2,(H,17,18);1-7H,(H,16,17). The maximum absolute atomic E-state index is 12.8. The molecule has 0 amide bonds. The lowest BCUT2D eigenvalue weighted by atomic mass is 9.84. The van der Waals surface area contributed by atoms with E-state index in [1.807, 2.05) is 13.0 Å². The summed E-state index contributed by atoms with van der Waals surface area (Å²) in [5.74, 6) is -4.10. The van der Waals surface area contributed by atoms with Crippen LogP contribution < -0.4 is 33.2 Å². The van der Waals surface area contributed by atoms with Gasteiger partial charge in [-0.1, -0.05) is 237 Å². The minimum absolute atomic E-state index is 0.00418. The van der Waals surface area contributed by atoms with Crippen LogP contribution in [0.5, 0.6) is 74.7 Å². The van der Waals surface area contributed by atoms with Gasteiger partial charge in [0.25, 0.3) is 0 Å². The normalized spacial score (nSPS) is 11.5. The minimum Gasteiger partial charge on any atom is -0.489 e. The zero-order valence-electron chi connectivity index (χ0n) is 77.8. The van der Waals surface area contributed by atoms with E-state index in [2.05, 4.69) is 0 Å². The van der Waals surface area contributed by atoms with Crippen LogP contribution in [0.1, 0.15) is 133 Å². The number of halogens is 18. The summed E-state index contributed by atoms with van der Waals surface area (Å²) in [6.07, 6.45) is -9.51. The first-order chi connectivity index (χ1) is 69.0. The second kappa shape index (κ2) is 55.2. The highest BCUT2D eigenvalue weighted by Crippen LogP contribution is 2.43. The highest BCUT2D eigenvalue weighted by molar-refractivity contribution is 6.37. The Morgan fingerprint density at radius 3 is 0.946 bits per heavy atom. The van der Waals surface area contributed by atoms with E-state index in [0.29, 0.717) is 164 Å². The molecule has 14 aromatic carbocycles. The highest BCUT2D eigenvalue weighted by atomic mass is 35.5. The van der Waals surface area contributed by atoms with E-state index in [4.69, 9.17) is 193 Å². The summed E-state index contributed by atoms with van der Waals surface area (Å²) < 4.78 is 116. The van der Waals surface area contributed by atoms with Gasteiger partial charge in [0, 0.05) is 65.8 Å². The van der Waals surface area contributed by atoms with Crippen LogP contribution in [0.3, 0.4) is 0 Å². The number of aliphatic carboxylic acids is 6. The number of carboxylic acid groups (broad SMARTS) is 7. The van der Waals surface area contributed by atoms with Gasteiger partial charge in [0.1, 0.15) is 86.9 Å². The Labute approximate surface area is 899 Å². The molecule has 0 aliphatic rings. The van der Waals surface area contributed by atoms with Crippen molar-refractivity contribution in [3.63, 3.8) is 0 Å². The third-order valence-electron chi connectivity index (χ3n) is 20.4. The molecule has 14 rings (SSSR count). The monoisotopic (exact) mass is 2250 g/mol. The average molecular weight is 2260 g/mol. The molecule has 39 heteroatoms. The van der Waals surface area contributed by atoms with E-state index in [9.17, 15) is 75.2 Å². The van der Waals surface area contributed by atoms with Gasteiger partial charge in [-0.2, -0.15) is 26.3 Å². The Morgan fingerprint density at radius 2 is 0.599 bits per heavy atom. The van der Waals surface area contributed by atoms with Crippen molar-refractivity contribution in [3.05, 3.63) is 413 Å². The number of hydrogen-bond donors (Lipinski definition) is 7. The molecule has 0 heterocycles. The number of benzene rings is 14. The Bertz CT molecular complexity index is 6860. The molecule has 0 bridgehead atoms. The lowest BCUT2D eigenvalue weighted by molar-refractivity contribution is -0.144. The lowest BCUT2D eigenvalue weighted by Crippen LogP contribution is -2.29. The lowest BCUT2D eigenvalue weighted by Gasteiger charge is -2.23. The largest absolute Gasteiger partial charge is 0.489 e. The summed E-state index contributed by atoms with van der Waals surface area (Å²) >= 11 is 70.8. The number of aromatic carboxylic acids is 1. The van der Waals surface area contributed by atoms with Crippen LogP contribution in [0, 0.1) is 0 Å². The van der Waals surface area contributed by atoms with Crippen molar-refractivity contribution in [2.24, 2.45) is 0 Å². The summed E-state index contributed by atoms with van der Waals surface area (Å²) in [4.78, 5) is 77.6. The number of hydrogen-bond acceptors (Lipinski definition) is 14. The second-order valence-corrected chi connectivity index (χ2v) is 37.7. The van der Waals surface area contributed by atoms with E-state index >= 15 is 0 Å². The van der Waals surface area contributed by atoms with Crippen LogP contribution in [0.25, 0.3) is 0 Å². The first-order valence-electron chi connectivity index (χ1n) is 43.0. The smallest absolute Gasteiger partial charge is 0.416 e. The number of alkyl halides is 6. The van der Waals surface area contributed by atoms with Crippen LogP contribution in [0.15, 0.2) is 297 Å². The quantitative estimate of drug-likeness (QED) is 0.0214. The Hall–Kier alpha value is -13.0. The molecule has 770 valence electrons. The molecule has 7 N–H and O–H groups in total. The van der Waals surface area contributed by atoms with Crippen molar-refractivity contribution >= 4 is 181 Å². The summed E-state index contributed by atoms with van der Waals surface area (Å²) in [5, 5.41) is 69.3. The second-order valence-electron chi connectivity index (χ2n) is 32.5. The number of carbonyl (C=O) groups is 7. The van der Waals surface area contributed by atoms with Crippen LogP contribution in [0.2, 0.25) is 60.3 Å². The number of rotatable bonds is 29. The van der Waals surface area contributed by atoms with E-state index in [0.717, 1.165) is 5.56 Å². The van der Waals surface area contributed by atoms with Crippen LogP contribution >= 0.6 is 139 Å². The van der Waals surface area contributed by atoms with Gasteiger partial charge in [0.2, 0.25) is 0 Å². The SMILES string of the molecule is CC(C(=O)O)c1cccc(Oc2cc(C(F)(F)F)cc(C(F)(F)F)c2)c1.CC(C(=O)O)c1cccc(Oc2cc(Cl)cc(Cl)c2)c1.CC(C)(C(=O)O)c1cccc(Oc2cc(Cl)cc(Cl)c2)c1.CC(C)(C(=O)O)c1ccccc1OCc1cc(Cl)cc(Cl)c1.CCC(C(=O)O)c1cccc(Oc2cc(Cl)cc(Cl)c2)c1.O=C(O)Cc1cccc(Oc2cc(Cl)cc(Cl)c2)c1.O=C(O)c1ccccc1Oc1cc(Cl)cc(Cl)c1. The van der Waals surface area contributed by atoms with Gasteiger partial charge in [-0.15, -0.1) is 0 Å². The Morgan fingerprint density at radius 1 is 0.293 bits per heavy atom. The molecule has 0 aliphatic carbocycles. The third kappa shape index (κ3) is 39.0. The molecule has 21 nitrogen and oxygen atoms in total. The molecule has 0 aromatic heterocycles. The fourth-order valence-electron chi connectivity index (χ4n) is 12.8. The predicted molar refractivity (Wildman–Crippen MR) is 557 cm³/mol. The van der Waals surface area contributed by atoms with Gasteiger partial charge in [0.05, 0.1) is 46.1 Å². The molecule has 147 heavy (non-hydrogen) atoms. The fraction of sp³-hybridized carbons (Fsp3) is 0.157. The van der Waals surface area contributed by atoms with Gasteiger partial charge < -0.3 is 68.9 Å². The molecule has 0 fully saturated rings. The zero-order valence-corrected chi connectivity index (χ0v) is 86.9. The van der Waals surface area contributed by atoms with Crippen molar-refractivity contribution in [2.45, 2.75) is 109 Å². The predicted octanol–water partition coefficient (Wildman–Crippen LogP) is 35.0. The van der Waals surface area contributed by atoms with E-state index < -0.39 is 99.6 Å². The van der Waals surface area contributed by atoms with Gasteiger partial charge in [-0.3, -0.25) is 28.8 Å². The Kier molecular flexibility index (Phi) is 44.8. The summed E-state index contributed by atoms with van der Waals surface area (Å²) in [7, 11) is 0. The van der Waals surface area contributed by atoms with Crippen LogP contribution in [-0.4, -0.2) is 77.5 Å². The number of ether oxygens (including phenoxy) is 7. The molecule has 3 unspecified atom stereocenters. The van der Waals surface area contributed by atoms with E-state index in [1.165, 1.54) is 37.3 Å². The Balaban J connectivity index is 0.000000210. The first-order valence-corrected chi connectivity index (χ1v) is 47.6. The minimum atomic E-state index is -4.99. The molecule has 0 spiro atoms. The third-order valence-corrected chi connectivity index (χ3v) is 23.1. The molecule has 0 radical (unpaired) electrons. The average Bonchev–Trinajstić information content (AvgIpc) is 0.803. The zero-order chi connectivity index (χ0) is 109. The van der Waals surface area contributed by atoms with Crippen molar-refractivity contribution in [1.82, 2.24) is 0 Å². The molecular formula is C108H86Cl12F6O21. The summed E-state index contributed by atoms with van der Waals surface area (Å²) in [6.45, 7) is 11.7. The van der Waals surface area contributed by atoms with Crippen molar-refractivity contribution in [3.8, 4) is 74.7 Å². The molecule has 14 aromatic rings. The molecular weight excluding hydrogens is 2170 g/mol.